The molecule has 0 N–H and O–H groups in total. The minimum absolute atomic E-state index is 0.699. The highest BCUT2D eigenvalue weighted by Gasteiger charge is 2.15. The van der Waals surface area contributed by atoms with Crippen molar-refractivity contribution in [2.45, 2.75) is 19.8 Å². The van der Waals surface area contributed by atoms with Crippen LogP contribution in [-0.4, -0.2) is 24.4 Å². The molecule has 4 heteroatoms. The maximum Gasteiger partial charge on any atom is 0.169 e. The Morgan fingerprint density at radius 1 is 1.00 bits per heavy atom. The Morgan fingerprint density at radius 3 is 2.72 bits per heavy atom. The smallest absolute Gasteiger partial charge is 0.169 e. The van der Waals surface area contributed by atoms with Crippen LogP contribution in [0.5, 0.6) is 17.2 Å². The van der Waals surface area contributed by atoms with E-state index in [2.05, 4.69) is 23.2 Å². The van der Waals surface area contributed by atoms with E-state index in [1.54, 1.807) is 13.3 Å². The van der Waals surface area contributed by atoms with Crippen LogP contribution >= 0.6 is 0 Å². The maximum atomic E-state index is 6.04. The monoisotopic (exact) mass is 384 g/mol. The Morgan fingerprint density at radius 2 is 1.93 bits per heavy atom. The van der Waals surface area contributed by atoms with Crippen LogP contribution in [0.25, 0.3) is 6.08 Å². The van der Waals surface area contributed by atoms with E-state index in [-0.39, 0.29) is 0 Å². The normalized spacial score (nSPS) is 15.1. The third kappa shape index (κ3) is 4.54. The molecule has 3 aromatic rings. The minimum Gasteiger partial charge on any atom is -0.493 e. The van der Waals surface area contributed by atoms with Gasteiger partial charge in [-0.15, -0.1) is 0 Å². The molecule has 0 spiro atoms. The molecule has 29 heavy (non-hydrogen) atoms. The molecule has 1 aliphatic rings. The third-order valence-electron chi connectivity index (χ3n) is 4.86. The number of hydrogen-bond donors (Lipinski definition) is 0. The lowest BCUT2D eigenvalue weighted by Crippen LogP contribution is -2.11. The minimum atomic E-state index is 0.699. The fraction of sp³-hybridized carbons (Fsp3) is 0.200. The molecule has 2 heterocycles. The van der Waals surface area contributed by atoms with Crippen molar-refractivity contribution >= 4 is 11.8 Å². The topological polar surface area (TPSA) is 43.7 Å². The molecule has 0 fully saturated rings. The summed E-state index contributed by atoms with van der Waals surface area (Å²) in [6.45, 7) is 2.90. The van der Waals surface area contributed by atoms with Crippen molar-refractivity contribution in [1.82, 2.24) is 4.98 Å². The summed E-state index contributed by atoms with van der Waals surface area (Å²) in [6, 6.07) is 18.0. The lowest BCUT2D eigenvalue weighted by atomic mass is 9.95. The summed E-state index contributed by atoms with van der Waals surface area (Å²) < 4.78 is 11.6. The summed E-state index contributed by atoms with van der Waals surface area (Å²) >= 11 is 0. The Bertz CT molecular complexity index is 1060. The second kappa shape index (κ2) is 8.74. The number of pyridine rings is 1. The van der Waals surface area contributed by atoms with Gasteiger partial charge in [-0.2, -0.15) is 0 Å². The van der Waals surface area contributed by atoms with Crippen molar-refractivity contribution in [1.29, 1.82) is 0 Å². The first kappa shape index (κ1) is 18.9. The first-order valence-electron chi connectivity index (χ1n) is 9.81. The number of aromatic nitrogens is 1. The molecule has 0 amide bonds. The quantitative estimate of drug-likeness (QED) is 0.553. The summed E-state index contributed by atoms with van der Waals surface area (Å²) in [6.07, 6.45) is 7.90. The fourth-order valence-corrected chi connectivity index (χ4v) is 3.47. The van der Waals surface area contributed by atoms with E-state index in [1.165, 1.54) is 5.57 Å². The van der Waals surface area contributed by atoms with Crippen molar-refractivity contribution in [2.75, 3.05) is 13.7 Å². The Labute approximate surface area is 171 Å². The molecule has 0 bridgehead atoms. The van der Waals surface area contributed by atoms with Crippen LogP contribution in [0, 0.1) is 6.92 Å². The van der Waals surface area contributed by atoms with Crippen LogP contribution in [-0.2, 0) is 0 Å². The molecular formula is C25H24N2O2. The van der Waals surface area contributed by atoms with Crippen molar-refractivity contribution in [3.05, 3.63) is 89.3 Å². The summed E-state index contributed by atoms with van der Waals surface area (Å²) in [5, 5.41) is 0. The van der Waals surface area contributed by atoms with Crippen LogP contribution in [0.4, 0.5) is 0 Å². The number of hydrogen-bond acceptors (Lipinski definition) is 4. The van der Waals surface area contributed by atoms with Gasteiger partial charge in [0.2, 0.25) is 0 Å². The van der Waals surface area contributed by atoms with E-state index in [9.17, 15) is 0 Å². The Balaban J connectivity index is 1.63. The van der Waals surface area contributed by atoms with Gasteiger partial charge in [-0.1, -0.05) is 18.2 Å². The lowest BCUT2D eigenvalue weighted by molar-refractivity contribution is 0.378. The van der Waals surface area contributed by atoms with E-state index in [0.717, 1.165) is 47.5 Å². The number of nitrogens with zero attached hydrogens (tertiary/aromatic N) is 2. The van der Waals surface area contributed by atoms with Crippen LogP contribution in [0.15, 0.2) is 77.6 Å². The molecule has 0 saturated carbocycles. The average molecular weight is 384 g/mol. The Hall–Kier alpha value is -3.40. The second-order valence-electron chi connectivity index (χ2n) is 7.07. The summed E-state index contributed by atoms with van der Waals surface area (Å²) in [5.41, 5.74) is 5.53. The molecule has 1 aliphatic heterocycles. The molecule has 0 saturated heterocycles. The zero-order valence-electron chi connectivity index (χ0n) is 16.8. The highest BCUT2D eigenvalue weighted by molar-refractivity contribution is 6.15. The summed E-state index contributed by atoms with van der Waals surface area (Å²) in [4.78, 5) is 9.00. The predicted molar refractivity (Wildman–Crippen MR) is 117 cm³/mol. The third-order valence-corrected chi connectivity index (χ3v) is 4.86. The molecular weight excluding hydrogens is 360 g/mol. The summed E-state index contributed by atoms with van der Waals surface area (Å²) in [7, 11) is 1.67. The van der Waals surface area contributed by atoms with Crippen LogP contribution in [0.3, 0.4) is 0 Å². The van der Waals surface area contributed by atoms with Crippen molar-refractivity contribution in [3.8, 4) is 17.2 Å². The molecule has 2 aromatic carbocycles. The second-order valence-corrected chi connectivity index (χ2v) is 7.07. The van der Waals surface area contributed by atoms with Crippen molar-refractivity contribution in [2.24, 2.45) is 4.99 Å². The molecule has 4 nitrogen and oxygen atoms in total. The van der Waals surface area contributed by atoms with Gasteiger partial charge in [-0.25, -0.2) is 0 Å². The number of rotatable bonds is 5. The highest BCUT2D eigenvalue weighted by atomic mass is 16.5. The van der Waals surface area contributed by atoms with Gasteiger partial charge < -0.3 is 9.47 Å². The zero-order valence-corrected chi connectivity index (χ0v) is 16.8. The van der Waals surface area contributed by atoms with E-state index < -0.39 is 0 Å². The van der Waals surface area contributed by atoms with Crippen LogP contribution in [0.2, 0.25) is 0 Å². The molecule has 0 unspecified atom stereocenters. The standard InChI is InChI=1S/C25H24N2O2/c1-18-6-3-9-22(14-18)29-23-11-10-19(16-24(23)28-2)15-20-7-5-13-27-25(20)21-8-4-12-26-17-21/h3-4,6,8-12,14-17H,5,7,13H2,1-2H3/b20-15+. The molecule has 146 valence electrons. The molecule has 0 aliphatic carbocycles. The van der Waals surface area contributed by atoms with Gasteiger partial charge in [0.1, 0.15) is 5.75 Å². The van der Waals surface area contributed by atoms with Crippen LogP contribution in [0.1, 0.15) is 29.5 Å². The van der Waals surface area contributed by atoms with E-state index in [4.69, 9.17) is 14.5 Å². The predicted octanol–water partition coefficient (Wildman–Crippen LogP) is 5.86. The molecule has 0 radical (unpaired) electrons. The Kier molecular flexibility index (Phi) is 5.71. The van der Waals surface area contributed by atoms with Gasteiger partial charge in [0.15, 0.2) is 11.5 Å². The van der Waals surface area contributed by atoms with E-state index >= 15 is 0 Å². The number of aryl methyl sites for hydroxylation is 1. The van der Waals surface area contributed by atoms with Gasteiger partial charge >= 0.3 is 0 Å². The number of methoxy groups -OCH3 is 1. The summed E-state index contributed by atoms with van der Waals surface area (Å²) in [5.74, 6) is 2.20. The SMILES string of the molecule is COc1cc(/C=C2\CCCN=C2c2cccnc2)ccc1Oc1cccc(C)c1. The van der Waals surface area contributed by atoms with Gasteiger partial charge in [-0.3, -0.25) is 9.98 Å². The molecule has 0 atom stereocenters. The number of allylic oxidation sites excluding steroid dienone is 1. The first-order valence-corrected chi connectivity index (χ1v) is 9.81. The molecule has 4 rings (SSSR count). The van der Waals surface area contributed by atoms with Gasteiger partial charge in [0.05, 0.1) is 12.8 Å². The largest absolute Gasteiger partial charge is 0.493 e. The van der Waals surface area contributed by atoms with Crippen molar-refractivity contribution in [3.63, 3.8) is 0 Å². The van der Waals surface area contributed by atoms with Crippen molar-refractivity contribution < 1.29 is 9.47 Å². The van der Waals surface area contributed by atoms with E-state index in [1.807, 2.05) is 55.6 Å². The fourth-order valence-electron chi connectivity index (χ4n) is 3.47. The van der Waals surface area contributed by atoms with Gasteiger partial charge in [0.25, 0.3) is 0 Å². The van der Waals surface area contributed by atoms with E-state index in [0.29, 0.717) is 11.5 Å². The van der Waals surface area contributed by atoms with Crippen LogP contribution < -0.4 is 9.47 Å². The van der Waals surface area contributed by atoms with Gasteiger partial charge in [0, 0.05) is 24.5 Å². The zero-order chi connectivity index (χ0) is 20.1. The number of aliphatic imine (C=N–C) groups is 1. The highest BCUT2D eigenvalue weighted by Crippen LogP contribution is 2.33. The van der Waals surface area contributed by atoms with Gasteiger partial charge in [-0.05, 0) is 78.9 Å². The first-order chi connectivity index (χ1) is 14.2. The lowest BCUT2D eigenvalue weighted by Gasteiger charge is -2.17. The number of ether oxygens (including phenoxy) is 2. The maximum absolute atomic E-state index is 6.04. The molecule has 1 aromatic heterocycles. The average Bonchev–Trinajstić information content (AvgIpc) is 2.76. The number of benzene rings is 2.